The van der Waals surface area contributed by atoms with Gasteiger partial charge >= 0.3 is 5.97 Å². The average Bonchev–Trinajstić information content (AvgIpc) is 3.15. The molecular weight excluding hydrogens is 418 g/mol. The third-order valence-electron chi connectivity index (χ3n) is 4.70. The number of halogens is 1. The second kappa shape index (κ2) is 11.0. The number of aromatic nitrogens is 1. The summed E-state index contributed by atoms with van der Waals surface area (Å²) in [6, 6.07) is 9.04. The van der Waals surface area contributed by atoms with Crippen LogP contribution in [0.3, 0.4) is 0 Å². The zero-order chi connectivity index (χ0) is 22.2. The van der Waals surface area contributed by atoms with Crippen molar-refractivity contribution in [2.45, 2.75) is 33.6 Å². The van der Waals surface area contributed by atoms with Crippen molar-refractivity contribution in [3.63, 3.8) is 0 Å². The number of hydrogen-bond acceptors (Lipinski definition) is 5. The number of esters is 1. The molecule has 166 valence electrons. The van der Waals surface area contributed by atoms with Crippen LogP contribution in [0.15, 0.2) is 36.5 Å². The Morgan fingerprint density at radius 2 is 1.65 bits per heavy atom. The molecule has 0 atom stereocenters. The maximum atomic E-state index is 12.6. The fraction of sp³-hybridized carbons (Fsp3) is 0.375. The van der Waals surface area contributed by atoms with Gasteiger partial charge in [0.25, 0.3) is 0 Å². The van der Waals surface area contributed by atoms with E-state index in [0.717, 1.165) is 22.9 Å². The third-order valence-corrected chi connectivity index (χ3v) is 4.93. The minimum atomic E-state index is -0.424. The summed E-state index contributed by atoms with van der Waals surface area (Å²) in [6.45, 7) is 7.28. The molecule has 3 rings (SSSR count). The van der Waals surface area contributed by atoms with Gasteiger partial charge in [0, 0.05) is 22.1 Å². The van der Waals surface area contributed by atoms with E-state index >= 15 is 0 Å². The number of hydrogen-bond donors (Lipinski definition) is 1. The monoisotopic (exact) mass is 445 g/mol. The molecule has 7 heteroatoms. The summed E-state index contributed by atoms with van der Waals surface area (Å²) in [6.07, 6.45) is 3.43. The van der Waals surface area contributed by atoms with Gasteiger partial charge in [0.2, 0.25) is 5.75 Å². The molecule has 0 aliphatic heterocycles. The Morgan fingerprint density at radius 3 is 2.29 bits per heavy atom. The number of benzene rings is 2. The third kappa shape index (κ3) is 5.64. The highest BCUT2D eigenvalue weighted by Gasteiger charge is 2.19. The summed E-state index contributed by atoms with van der Waals surface area (Å²) in [5.41, 5.74) is 2.55. The lowest BCUT2D eigenvalue weighted by Gasteiger charge is -2.16. The molecule has 2 aromatic carbocycles. The van der Waals surface area contributed by atoms with E-state index in [1.807, 2.05) is 45.2 Å². The van der Waals surface area contributed by atoms with Crippen LogP contribution in [0.25, 0.3) is 10.9 Å². The van der Waals surface area contributed by atoms with Crippen molar-refractivity contribution < 1.29 is 23.7 Å². The van der Waals surface area contributed by atoms with Crippen molar-refractivity contribution in [2.24, 2.45) is 0 Å². The highest BCUT2D eigenvalue weighted by molar-refractivity contribution is 6.31. The number of aromatic amines is 1. The predicted molar refractivity (Wildman–Crippen MR) is 122 cm³/mol. The molecule has 0 radical (unpaired) electrons. The molecule has 0 amide bonds. The van der Waals surface area contributed by atoms with Crippen LogP contribution in [0.1, 0.15) is 43.1 Å². The van der Waals surface area contributed by atoms with Crippen LogP contribution in [0.2, 0.25) is 5.02 Å². The van der Waals surface area contributed by atoms with Crippen LogP contribution in [0, 0.1) is 0 Å². The van der Waals surface area contributed by atoms with Crippen molar-refractivity contribution in [3.05, 3.63) is 52.7 Å². The van der Waals surface area contributed by atoms with E-state index in [-0.39, 0.29) is 0 Å². The van der Waals surface area contributed by atoms with Crippen LogP contribution in [-0.2, 0) is 11.2 Å². The summed E-state index contributed by atoms with van der Waals surface area (Å²) in [5.74, 6) is 1.02. The maximum Gasteiger partial charge on any atom is 0.338 e. The molecule has 0 aliphatic carbocycles. The molecule has 3 aromatic rings. The molecule has 0 spiro atoms. The number of fused-ring (bicyclic) bond motifs is 1. The normalized spacial score (nSPS) is 10.8. The Hall–Kier alpha value is -2.86. The maximum absolute atomic E-state index is 12.6. The summed E-state index contributed by atoms with van der Waals surface area (Å²) in [4.78, 5) is 15.9. The molecule has 1 heterocycles. The molecule has 0 aliphatic rings. The Morgan fingerprint density at radius 1 is 0.968 bits per heavy atom. The van der Waals surface area contributed by atoms with Crippen molar-refractivity contribution in [1.82, 2.24) is 4.98 Å². The Bertz CT molecular complexity index is 1000. The van der Waals surface area contributed by atoms with Gasteiger partial charge in [0.15, 0.2) is 11.5 Å². The molecule has 0 bridgehead atoms. The van der Waals surface area contributed by atoms with Gasteiger partial charge in [-0.15, -0.1) is 0 Å². The first-order valence-corrected chi connectivity index (χ1v) is 10.9. The topological polar surface area (TPSA) is 69.8 Å². The fourth-order valence-corrected chi connectivity index (χ4v) is 3.55. The Balaban J connectivity index is 1.65. The van der Waals surface area contributed by atoms with Crippen molar-refractivity contribution in [2.75, 3.05) is 26.4 Å². The lowest BCUT2D eigenvalue weighted by atomic mass is 10.1. The average molecular weight is 446 g/mol. The lowest BCUT2D eigenvalue weighted by molar-refractivity contribution is 0.0499. The van der Waals surface area contributed by atoms with Crippen LogP contribution >= 0.6 is 11.6 Å². The first-order valence-electron chi connectivity index (χ1n) is 10.6. The zero-order valence-electron chi connectivity index (χ0n) is 18.1. The molecule has 1 N–H and O–H groups in total. The van der Waals surface area contributed by atoms with Gasteiger partial charge in [-0.3, -0.25) is 0 Å². The van der Waals surface area contributed by atoms with Crippen molar-refractivity contribution >= 4 is 28.5 Å². The minimum Gasteiger partial charge on any atom is -0.490 e. The first-order chi connectivity index (χ1) is 15.1. The van der Waals surface area contributed by atoms with Crippen LogP contribution < -0.4 is 14.2 Å². The van der Waals surface area contributed by atoms with Gasteiger partial charge in [0.1, 0.15) is 0 Å². The number of carbonyl (C=O) groups excluding carboxylic acids is 1. The number of nitrogens with one attached hydrogen (secondary N) is 1. The molecule has 0 saturated carbocycles. The van der Waals surface area contributed by atoms with E-state index in [1.54, 1.807) is 12.1 Å². The van der Waals surface area contributed by atoms with Crippen LogP contribution in [0.5, 0.6) is 17.2 Å². The molecular formula is C24H28ClNO5. The standard InChI is InChI=1S/C24H28ClNO5/c1-4-28-21-12-17(13-22(29-5-2)23(21)30-6-3)24(27)31-11-7-8-16-15-26-20-10-9-18(25)14-19(16)20/h9-10,12-15,26H,4-8,11H2,1-3H3. The minimum absolute atomic E-state index is 0.299. The summed E-state index contributed by atoms with van der Waals surface area (Å²) in [7, 11) is 0. The number of H-pyrrole nitrogens is 1. The number of ether oxygens (including phenoxy) is 4. The number of rotatable bonds is 11. The number of aryl methyl sites for hydroxylation is 1. The van der Waals surface area contributed by atoms with Crippen molar-refractivity contribution in [1.29, 1.82) is 0 Å². The van der Waals surface area contributed by atoms with E-state index in [4.69, 9.17) is 30.5 Å². The highest BCUT2D eigenvalue weighted by Crippen LogP contribution is 2.39. The van der Waals surface area contributed by atoms with E-state index in [2.05, 4.69) is 4.98 Å². The van der Waals surface area contributed by atoms with Crippen molar-refractivity contribution in [3.8, 4) is 17.2 Å². The Labute approximate surface area is 187 Å². The van der Waals surface area contributed by atoms with Crippen LogP contribution in [0.4, 0.5) is 0 Å². The van der Waals surface area contributed by atoms with E-state index in [0.29, 0.717) is 60.7 Å². The largest absolute Gasteiger partial charge is 0.490 e. The predicted octanol–water partition coefficient (Wildman–Crippen LogP) is 5.81. The smallest absolute Gasteiger partial charge is 0.338 e. The van der Waals surface area contributed by atoms with Crippen LogP contribution in [-0.4, -0.2) is 37.4 Å². The molecule has 31 heavy (non-hydrogen) atoms. The van der Waals surface area contributed by atoms with Gasteiger partial charge in [-0.2, -0.15) is 0 Å². The van der Waals surface area contributed by atoms with E-state index in [9.17, 15) is 4.79 Å². The second-order valence-electron chi connectivity index (χ2n) is 6.84. The van der Waals surface area contributed by atoms with E-state index < -0.39 is 5.97 Å². The molecule has 1 aromatic heterocycles. The first kappa shape index (κ1) is 22.8. The van der Waals surface area contributed by atoms with Gasteiger partial charge in [-0.25, -0.2) is 4.79 Å². The summed E-state index contributed by atoms with van der Waals surface area (Å²) >= 11 is 6.11. The Kier molecular flexibility index (Phi) is 8.06. The quantitative estimate of drug-likeness (QED) is 0.298. The molecule has 0 unspecified atom stereocenters. The van der Waals surface area contributed by atoms with Gasteiger partial charge in [0.05, 0.1) is 32.0 Å². The van der Waals surface area contributed by atoms with Gasteiger partial charge in [-0.05, 0) is 69.5 Å². The zero-order valence-corrected chi connectivity index (χ0v) is 18.9. The fourth-order valence-electron chi connectivity index (χ4n) is 3.37. The highest BCUT2D eigenvalue weighted by atomic mass is 35.5. The molecule has 6 nitrogen and oxygen atoms in total. The summed E-state index contributed by atoms with van der Waals surface area (Å²) in [5, 5.41) is 1.79. The lowest BCUT2D eigenvalue weighted by Crippen LogP contribution is -2.10. The SMILES string of the molecule is CCOc1cc(C(=O)OCCCc2c[nH]c3ccc(Cl)cc23)cc(OCC)c1OCC. The number of carbonyl (C=O) groups is 1. The summed E-state index contributed by atoms with van der Waals surface area (Å²) < 4.78 is 22.5. The van der Waals surface area contributed by atoms with Gasteiger partial charge in [-0.1, -0.05) is 11.6 Å². The molecule has 0 fully saturated rings. The van der Waals surface area contributed by atoms with E-state index in [1.165, 1.54) is 0 Å². The van der Waals surface area contributed by atoms with Gasteiger partial charge < -0.3 is 23.9 Å². The second-order valence-corrected chi connectivity index (χ2v) is 7.28. The molecule has 0 saturated heterocycles.